The second kappa shape index (κ2) is 10.5. The first kappa shape index (κ1) is 21.5. The fraction of sp³-hybridized carbons (Fsp3) is 0.200. The molecule has 9 heteroatoms. The molecule has 0 aliphatic rings. The SMILES string of the molecule is CC(OC(=O)CNC(=O)c1ccccc1F)C(=O)NC(=O)NCc1ccccc1. The number of esters is 1. The van der Waals surface area contributed by atoms with Gasteiger partial charge in [0, 0.05) is 6.54 Å². The van der Waals surface area contributed by atoms with Crippen LogP contribution in [0, 0.1) is 5.82 Å². The quantitative estimate of drug-likeness (QED) is 0.609. The molecule has 0 saturated carbocycles. The molecule has 2 aromatic rings. The second-order valence-corrected chi connectivity index (χ2v) is 5.95. The minimum absolute atomic E-state index is 0.218. The van der Waals surface area contributed by atoms with Crippen molar-refractivity contribution in [2.45, 2.75) is 19.6 Å². The number of benzene rings is 2. The molecule has 152 valence electrons. The molecule has 1 unspecified atom stereocenters. The lowest BCUT2D eigenvalue weighted by Gasteiger charge is -2.14. The van der Waals surface area contributed by atoms with E-state index < -0.39 is 42.3 Å². The predicted octanol–water partition coefficient (Wildman–Crippen LogP) is 1.51. The summed E-state index contributed by atoms with van der Waals surface area (Å²) in [7, 11) is 0. The van der Waals surface area contributed by atoms with Crippen molar-refractivity contribution in [1.29, 1.82) is 0 Å². The minimum atomic E-state index is -1.27. The number of halogens is 1. The van der Waals surface area contributed by atoms with Gasteiger partial charge in [0.2, 0.25) is 0 Å². The molecule has 2 rings (SSSR count). The van der Waals surface area contributed by atoms with E-state index in [1.165, 1.54) is 25.1 Å². The average molecular weight is 401 g/mol. The van der Waals surface area contributed by atoms with Gasteiger partial charge in [-0.1, -0.05) is 42.5 Å². The number of imide groups is 1. The first-order chi connectivity index (χ1) is 13.9. The topological polar surface area (TPSA) is 114 Å². The molecule has 3 N–H and O–H groups in total. The number of hydrogen-bond donors (Lipinski definition) is 3. The van der Waals surface area contributed by atoms with Crippen LogP contribution in [0.3, 0.4) is 0 Å². The summed E-state index contributed by atoms with van der Waals surface area (Å²) in [6, 6.07) is 13.6. The first-order valence-corrected chi connectivity index (χ1v) is 8.71. The largest absolute Gasteiger partial charge is 0.451 e. The highest BCUT2D eigenvalue weighted by molar-refractivity contribution is 5.98. The maximum atomic E-state index is 13.5. The third-order valence-corrected chi connectivity index (χ3v) is 3.72. The summed E-state index contributed by atoms with van der Waals surface area (Å²) in [5, 5.41) is 6.75. The molecule has 1 atom stereocenters. The molecule has 29 heavy (non-hydrogen) atoms. The van der Waals surface area contributed by atoms with E-state index in [2.05, 4.69) is 16.0 Å². The summed E-state index contributed by atoms with van der Waals surface area (Å²) >= 11 is 0. The zero-order chi connectivity index (χ0) is 21.2. The van der Waals surface area contributed by atoms with Crippen LogP contribution in [0.2, 0.25) is 0 Å². The van der Waals surface area contributed by atoms with E-state index in [9.17, 15) is 23.6 Å². The Bertz CT molecular complexity index is 889. The van der Waals surface area contributed by atoms with E-state index in [1.54, 1.807) is 0 Å². The lowest BCUT2D eigenvalue weighted by Crippen LogP contribution is -2.45. The highest BCUT2D eigenvalue weighted by atomic mass is 19.1. The van der Waals surface area contributed by atoms with Gasteiger partial charge in [-0.05, 0) is 24.6 Å². The standard InChI is InChI=1S/C20H20FN3O5/c1-13(18(26)24-20(28)23-11-14-7-3-2-4-8-14)29-17(25)12-22-19(27)15-9-5-6-10-16(15)21/h2-10,13H,11-12H2,1H3,(H,22,27)(H2,23,24,26,28). The number of hydrogen-bond acceptors (Lipinski definition) is 5. The summed E-state index contributed by atoms with van der Waals surface area (Å²) < 4.78 is 18.4. The highest BCUT2D eigenvalue weighted by Gasteiger charge is 2.20. The molecule has 0 bridgehead atoms. The maximum absolute atomic E-state index is 13.5. The Kier molecular flexibility index (Phi) is 7.84. The molecule has 0 spiro atoms. The van der Waals surface area contributed by atoms with E-state index in [-0.39, 0.29) is 12.1 Å². The normalized spacial score (nSPS) is 11.1. The van der Waals surface area contributed by atoms with Crippen LogP contribution in [0.1, 0.15) is 22.8 Å². The minimum Gasteiger partial charge on any atom is -0.451 e. The fourth-order valence-corrected chi connectivity index (χ4v) is 2.22. The van der Waals surface area contributed by atoms with Gasteiger partial charge in [-0.2, -0.15) is 0 Å². The van der Waals surface area contributed by atoms with Crippen LogP contribution in [-0.2, 0) is 20.9 Å². The third kappa shape index (κ3) is 7.06. The molecule has 0 saturated heterocycles. The van der Waals surface area contributed by atoms with E-state index in [1.807, 2.05) is 30.3 Å². The third-order valence-electron chi connectivity index (χ3n) is 3.72. The van der Waals surface area contributed by atoms with Crippen molar-refractivity contribution in [1.82, 2.24) is 16.0 Å². The van der Waals surface area contributed by atoms with Gasteiger partial charge in [-0.25, -0.2) is 9.18 Å². The van der Waals surface area contributed by atoms with Crippen molar-refractivity contribution in [2.24, 2.45) is 0 Å². The molecule has 8 nitrogen and oxygen atoms in total. The van der Waals surface area contributed by atoms with Crippen LogP contribution in [0.5, 0.6) is 0 Å². The monoisotopic (exact) mass is 401 g/mol. The predicted molar refractivity (Wildman–Crippen MR) is 101 cm³/mol. The molecule has 0 aliphatic heterocycles. The Morgan fingerprint density at radius 1 is 0.966 bits per heavy atom. The maximum Gasteiger partial charge on any atom is 0.326 e. The van der Waals surface area contributed by atoms with Crippen molar-refractivity contribution in [3.05, 3.63) is 71.5 Å². The number of urea groups is 1. The molecular weight excluding hydrogens is 381 g/mol. The van der Waals surface area contributed by atoms with Crippen molar-refractivity contribution >= 4 is 23.8 Å². The highest BCUT2D eigenvalue weighted by Crippen LogP contribution is 2.05. The Balaban J connectivity index is 1.72. The molecule has 0 heterocycles. The van der Waals surface area contributed by atoms with Gasteiger partial charge in [0.15, 0.2) is 6.10 Å². The molecular formula is C20H20FN3O5. The summed E-state index contributed by atoms with van der Waals surface area (Å²) in [5.41, 5.74) is 0.626. The number of amides is 4. The van der Waals surface area contributed by atoms with Gasteiger partial charge >= 0.3 is 12.0 Å². The Morgan fingerprint density at radius 3 is 2.31 bits per heavy atom. The van der Waals surface area contributed by atoms with Gasteiger partial charge in [-0.15, -0.1) is 0 Å². The summed E-state index contributed by atoms with van der Waals surface area (Å²) in [4.78, 5) is 47.3. The number of ether oxygens (including phenoxy) is 1. The Labute approximate surface area is 166 Å². The van der Waals surface area contributed by atoms with Gasteiger partial charge in [0.05, 0.1) is 5.56 Å². The molecule has 0 aromatic heterocycles. The zero-order valence-electron chi connectivity index (χ0n) is 15.6. The number of nitrogens with one attached hydrogen (secondary N) is 3. The Hall–Kier alpha value is -3.75. The molecule has 0 aliphatic carbocycles. The summed E-state index contributed by atoms with van der Waals surface area (Å²) in [6.45, 7) is 0.928. The van der Waals surface area contributed by atoms with E-state index in [0.717, 1.165) is 11.6 Å². The summed E-state index contributed by atoms with van der Waals surface area (Å²) in [6.07, 6.45) is -1.27. The van der Waals surface area contributed by atoms with Crippen LogP contribution in [-0.4, -0.2) is 36.5 Å². The van der Waals surface area contributed by atoms with Crippen LogP contribution >= 0.6 is 0 Å². The fourth-order valence-electron chi connectivity index (χ4n) is 2.22. The molecule has 0 fully saturated rings. The van der Waals surface area contributed by atoms with Crippen LogP contribution in [0.4, 0.5) is 9.18 Å². The van der Waals surface area contributed by atoms with E-state index in [0.29, 0.717) is 0 Å². The van der Waals surface area contributed by atoms with Crippen LogP contribution < -0.4 is 16.0 Å². The van der Waals surface area contributed by atoms with Gasteiger partial charge < -0.3 is 15.4 Å². The van der Waals surface area contributed by atoms with Crippen LogP contribution in [0.25, 0.3) is 0 Å². The van der Waals surface area contributed by atoms with Gasteiger partial charge in [0.1, 0.15) is 12.4 Å². The number of carbonyl (C=O) groups is 4. The van der Waals surface area contributed by atoms with Crippen molar-refractivity contribution < 1.29 is 28.3 Å². The molecule has 4 amide bonds. The van der Waals surface area contributed by atoms with Crippen molar-refractivity contribution in [3.8, 4) is 0 Å². The van der Waals surface area contributed by atoms with Gasteiger partial charge in [0.25, 0.3) is 11.8 Å². The van der Waals surface area contributed by atoms with Crippen molar-refractivity contribution in [2.75, 3.05) is 6.54 Å². The smallest absolute Gasteiger partial charge is 0.326 e. The zero-order valence-corrected chi connectivity index (χ0v) is 15.6. The van der Waals surface area contributed by atoms with Crippen molar-refractivity contribution in [3.63, 3.8) is 0 Å². The van der Waals surface area contributed by atoms with Gasteiger partial charge in [-0.3, -0.25) is 19.7 Å². The number of carbonyl (C=O) groups excluding carboxylic acids is 4. The summed E-state index contributed by atoms with van der Waals surface area (Å²) in [5.74, 6) is -3.27. The van der Waals surface area contributed by atoms with Crippen LogP contribution in [0.15, 0.2) is 54.6 Å². The van der Waals surface area contributed by atoms with E-state index >= 15 is 0 Å². The Morgan fingerprint density at radius 2 is 1.62 bits per heavy atom. The lowest BCUT2D eigenvalue weighted by atomic mass is 10.2. The second-order valence-electron chi connectivity index (χ2n) is 5.95. The lowest BCUT2D eigenvalue weighted by molar-refractivity contribution is -0.153. The van der Waals surface area contributed by atoms with E-state index in [4.69, 9.17) is 4.74 Å². The molecule has 2 aromatic carbocycles. The molecule has 0 radical (unpaired) electrons. The number of rotatable bonds is 7. The average Bonchev–Trinajstić information content (AvgIpc) is 2.71. The first-order valence-electron chi connectivity index (χ1n) is 8.71.